The molecule has 0 unspecified atom stereocenters. The summed E-state index contributed by atoms with van der Waals surface area (Å²) in [5.74, 6) is 1.88. The molecule has 3 aromatic rings. The highest BCUT2D eigenvalue weighted by Crippen LogP contribution is 2.29. The minimum atomic E-state index is 0.914. The number of hydrogen-bond donors (Lipinski definition) is 0. The number of rotatable bonds is 3. The summed E-state index contributed by atoms with van der Waals surface area (Å²) < 4.78 is 7.49. The lowest BCUT2D eigenvalue weighted by atomic mass is 10.2. The molecule has 1 aliphatic heterocycles. The first-order valence-electron chi connectivity index (χ1n) is 7.77. The van der Waals surface area contributed by atoms with Crippen LogP contribution in [-0.2, 0) is 0 Å². The number of imidazole rings is 1. The molecule has 6 heteroatoms. The topological polar surface area (TPSA) is 45.9 Å². The first kappa shape index (κ1) is 13.9. The number of nitrogens with zero attached hydrogens (tertiary/aromatic N) is 5. The van der Waals surface area contributed by atoms with Crippen LogP contribution in [0.5, 0.6) is 5.75 Å². The van der Waals surface area contributed by atoms with E-state index in [1.54, 1.807) is 7.11 Å². The van der Waals surface area contributed by atoms with Crippen LogP contribution in [-0.4, -0.2) is 47.7 Å². The Hall–Kier alpha value is -2.76. The monoisotopic (exact) mass is 309 g/mol. The van der Waals surface area contributed by atoms with Gasteiger partial charge >= 0.3 is 0 Å². The first-order valence-corrected chi connectivity index (χ1v) is 7.77. The highest BCUT2D eigenvalue weighted by Gasteiger charge is 2.22. The minimum absolute atomic E-state index is 0.914. The van der Waals surface area contributed by atoms with E-state index >= 15 is 0 Å². The van der Waals surface area contributed by atoms with Crippen LogP contribution in [0.1, 0.15) is 0 Å². The fourth-order valence-electron chi connectivity index (χ4n) is 3.11. The van der Waals surface area contributed by atoms with E-state index in [1.807, 2.05) is 41.3 Å². The average Bonchev–Trinajstić information content (AvgIpc) is 3.10. The van der Waals surface area contributed by atoms with Crippen molar-refractivity contribution in [1.82, 2.24) is 14.4 Å². The minimum Gasteiger partial charge on any atom is -0.495 e. The normalized spacial score (nSPS) is 15.2. The third-order valence-corrected chi connectivity index (χ3v) is 4.30. The van der Waals surface area contributed by atoms with Crippen molar-refractivity contribution in [2.75, 3.05) is 43.1 Å². The molecule has 1 aliphatic rings. The van der Waals surface area contributed by atoms with Gasteiger partial charge in [0.05, 0.1) is 12.8 Å². The molecule has 6 nitrogen and oxygen atoms in total. The van der Waals surface area contributed by atoms with Crippen molar-refractivity contribution in [3.05, 3.63) is 49.1 Å². The van der Waals surface area contributed by atoms with Crippen LogP contribution in [0, 0.1) is 0 Å². The summed E-state index contributed by atoms with van der Waals surface area (Å²) in [6, 6.07) is 8.18. The molecule has 0 bridgehead atoms. The number of anilines is 2. The van der Waals surface area contributed by atoms with Gasteiger partial charge in [0.15, 0.2) is 11.5 Å². The quantitative estimate of drug-likeness (QED) is 0.741. The van der Waals surface area contributed by atoms with Gasteiger partial charge in [-0.2, -0.15) is 0 Å². The van der Waals surface area contributed by atoms with Crippen LogP contribution in [0.4, 0.5) is 11.5 Å². The second-order valence-electron chi connectivity index (χ2n) is 5.55. The summed E-state index contributed by atoms with van der Waals surface area (Å²) in [5.41, 5.74) is 2.07. The third kappa shape index (κ3) is 2.46. The van der Waals surface area contributed by atoms with Gasteiger partial charge in [0.1, 0.15) is 5.75 Å². The van der Waals surface area contributed by atoms with Gasteiger partial charge in [-0.3, -0.25) is 0 Å². The summed E-state index contributed by atoms with van der Waals surface area (Å²) in [6.45, 7) is 3.70. The van der Waals surface area contributed by atoms with Crippen LogP contribution in [0.2, 0.25) is 0 Å². The number of methoxy groups -OCH3 is 1. The maximum Gasteiger partial charge on any atom is 0.180 e. The predicted octanol–water partition coefficient (Wildman–Crippen LogP) is 2.06. The Bertz CT molecular complexity index is 807. The van der Waals surface area contributed by atoms with Gasteiger partial charge in [-0.1, -0.05) is 12.1 Å². The summed E-state index contributed by atoms with van der Waals surface area (Å²) in [4.78, 5) is 13.6. The zero-order valence-corrected chi connectivity index (χ0v) is 13.1. The summed E-state index contributed by atoms with van der Waals surface area (Å²) in [7, 11) is 1.72. The summed E-state index contributed by atoms with van der Waals surface area (Å²) >= 11 is 0. The van der Waals surface area contributed by atoms with Crippen LogP contribution in [0.15, 0.2) is 49.1 Å². The molecule has 23 heavy (non-hydrogen) atoms. The number of aromatic nitrogens is 3. The molecule has 0 radical (unpaired) electrons. The number of ether oxygens (including phenoxy) is 1. The second kappa shape index (κ2) is 5.79. The van der Waals surface area contributed by atoms with Crippen molar-refractivity contribution < 1.29 is 4.74 Å². The number of hydrogen-bond acceptors (Lipinski definition) is 5. The maximum absolute atomic E-state index is 5.48. The number of piperazine rings is 1. The van der Waals surface area contributed by atoms with Crippen LogP contribution >= 0.6 is 0 Å². The van der Waals surface area contributed by atoms with Gasteiger partial charge < -0.3 is 18.9 Å². The molecule has 0 spiro atoms. The summed E-state index contributed by atoms with van der Waals surface area (Å²) in [6.07, 6.45) is 7.52. The molecule has 0 saturated carbocycles. The molecule has 0 amide bonds. The molecule has 1 aromatic carbocycles. The van der Waals surface area contributed by atoms with Gasteiger partial charge in [0.25, 0.3) is 0 Å². The highest BCUT2D eigenvalue weighted by atomic mass is 16.5. The van der Waals surface area contributed by atoms with E-state index in [2.05, 4.69) is 31.9 Å². The van der Waals surface area contributed by atoms with Gasteiger partial charge in [-0.05, 0) is 12.1 Å². The van der Waals surface area contributed by atoms with Gasteiger partial charge in [-0.25, -0.2) is 9.97 Å². The zero-order chi connectivity index (χ0) is 15.6. The lowest BCUT2D eigenvalue weighted by Gasteiger charge is -2.37. The highest BCUT2D eigenvalue weighted by molar-refractivity contribution is 5.65. The van der Waals surface area contributed by atoms with E-state index < -0.39 is 0 Å². The molecular weight excluding hydrogens is 290 g/mol. The van der Waals surface area contributed by atoms with Crippen LogP contribution < -0.4 is 14.5 Å². The van der Waals surface area contributed by atoms with Gasteiger partial charge in [-0.15, -0.1) is 0 Å². The van der Waals surface area contributed by atoms with E-state index in [9.17, 15) is 0 Å². The van der Waals surface area contributed by atoms with E-state index in [1.165, 1.54) is 0 Å². The predicted molar refractivity (Wildman–Crippen MR) is 90.4 cm³/mol. The fourth-order valence-corrected chi connectivity index (χ4v) is 3.11. The molecule has 3 heterocycles. The molecule has 1 fully saturated rings. The fraction of sp³-hybridized carbons (Fsp3) is 0.294. The van der Waals surface area contributed by atoms with Gasteiger partial charge in [0.2, 0.25) is 0 Å². The Morgan fingerprint density at radius 2 is 1.61 bits per heavy atom. The molecular formula is C17H19N5O. The van der Waals surface area contributed by atoms with Crippen molar-refractivity contribution >= 4 is 17.2 Å². The molecule has 1 saturated heterocycles. The molecule has 0 aliphatic carbocycles. The second-order valence-corrected chi connectivity index (χ2v) is 5.55. The van der Waals surface area contributed by atoms with E-state index in [0.717, 1.165) is 49.1 Å². The van der Waals surface area contributed by atoms with Crippen LogP contribution in [0.25, 0.3) is 5.65 Å². The van der Waals surface area contributed by atoms with Crippen molar-refractivity contribution in [3.63, 3.8) is 0 Å². The Balaban J connectivity index is 1.54. The Kier molecular flexibility index (Phi) is 3.49. The van der Waals surface area contributed by atoms with Crippen molar-refractivity contribution in [2.24, 2.45) is 0 Å². The Labute approximate surface area is 134 Å². The maximum atomic E-state index is 5.48. The first-order chi connectivity index (χ1) is 11.4. The molecule has 118 valence electrons. The smallest absolute Gasteiger partial charge is 0.180 e. The molecule has 0 atom stereocenters. The lowest BCUT2D eigenvalue weighted by Crippen LogP contribution is -2.47. The largest absolute Gasteiger partial charge is 0.495 e. The standard InChI is InChI=1S/C17H19N5O/c1-23-15-5-3-2-4-14(15)20-10-12-22(13-11-20)17-16-18-6-8-21(16)9-7-19-17/h2-9H,10-13H2,1H3. The van der Waals surface area contributed by atoms with Crippen LogP contribution in [0.3, 0.4) is 0 Å². The SMILES string of the molecule is COc1ccccc1N1CCN(c2nccn3ccnc23)CC1. The van der Waals surface area contributed by atoms with Crippen molar-refractivity contribution in [2.45, 2.75) is 0 Å². The van der Waals surface area contributed by atoms with E-state index in [0.29, 0.717) is 0 Å². The molecule has 0 N–H and O–H groups in total. The van der Waals surface area contributed by atoms with E-state index in [-0.39, 0.29) is 0 Å². The van der Waals surface area contributed by atoms with Crippen molar-refractivity contribution in [3.8, 4) is 5.75 Å². The molecule has 2 aromatic heterocycles. The molecule has 4 rings (SSSR count). The lowest BCUT2D eigenvalue weighted by molar-refractivity contribution is 0.413. The van der Waals surface area contributed by atoms with Crippen molar-refractivity contribution in [1.29, 1.82) is 0 Å². The Morgan fingerprint density at radius 3 is 2.39 bits per heavy atom. The summed E-state index contributed by atoms with van der Waals surface area (Å²) in [5, 5.41) is 0. The average molecular weight is 309 g/mol. The number of benzene rings is 1. The number of fused-ring (bicyclic) bond motifs is 1. The third-order valence-electron chi connectivity index (χ3n) is 4.30. The zero-order valence-electron chi connectivity index (χ0n) is 13.1. The van der Waals surface area contributed by atoms with Gasteiger partial charge in [0, 0.05) is 51.0 Å². The Morgan fingerprint density at radius 1 is 0.913 bits per heavy atom. The number of para-hydroxylation sites is 2. The van der Waals surface area contributed by atoms with E-state index in [4.69, 9.17) is 4.74 Å².